The summed E-state index contributed by atoms with van der Waals surface area (Å²) < 4.78 is 27.2. The fourth-order valence-corrected chi connectivity index (χ4v) is 5.16. The number of rotatable bonds is 6. The topological polar surface area (TPSA) is 72.2 Å². The highest BCUT2D eigenvalue weighted by Gasteiger charge is 2.33. The molecular weight excluding hydrogens is 260 g/mol. The lowest BCUT2D eigenvalue weighted by Gasteiger charge is -2.28. The van der Waals surface area contributed by atoms with Crippen LogP contribution in [0.3, 0.4) is 0 Å². The summed E-state index contributed by atoms with van der Waals surface area (Å²) in [6, 6.07) is 0. The van der Waals surface area contributed by atoms with E-state index in [4.69, 9.17) is 5.73 Å². The minimum Gasteiger partial charge on any atom is -0.330 e. The van der Waals surface area contributed by atoms with Crippen LogP contribution in [0, 0.1) is 11.3 Å². The van der Waals surface area contributed by atoms with Crippen LogP contribution in [0.1, 0.15) is 57.8 Å². The van der Waals surface area contributed by atoms with E-state index >= 15 is 0 Å². The minimum atomic E-state index is -3.12. The molecule has 2 saturated carbocycles. The normalized spacial score (nSPS) is 24.7. The molecule has 2 aliphatic rings. The van der Waals surface area contributed by atoms with Gasteiger partial charge in [0.25, 0.3) is 0 Å². The summed E-state index contributed by atoms with van der Waals surface area (Å²) in [5, 5.41) is 0. The largest absolute Gasteiger partial charge is 0.330 e. The van der Waals surface area contributed by atoms with E-state index in [1.165, 1.54) is 32.1 Å². The smallest absolute Gasteiger partial charge is 0.211 e. The Kier molecular flexibility index (Phi) is 5.26. The van der Waals surface area contributed by atoms with E-state index in [0.29, 0.717) is 24.8 Å². The van der Waals surface area contributed by atoms with E-state index in [9.17, 15) is 8.42 Å². The standard InChI is InChI=1S/C14H28N2O2S/c15-11-14(8-4-5-9-14)12-16-19(17,18)10-13-6-2-1-3-7-13/h13,16H,1-12,15H2. The molecule has 2 rings (SSSR count). The van der Waals surface area contributed by atoms with Crippen molar-refractivity contribution in [1.29, 1.82) is 0 Å². The number of nitrogens with one attached hydrogen (secondary N) is 1. The molecule has 5 heteroatoms. The fraction of sp³-hybridized carbons (Fsp3) is 1.00. The second-order valence-corrected chi connectivity index (χ2v) is 8.37. The van der Waals surface area contributed by atoms with Gasteiger partial charge in [-0.1, -0.05) is 32.1 Å². The summed E-state index contributed by atoms with van der Waals surface area (Å²) in [6.45, 7) is 1.14. The third-order valence-electron chi connectivity index (χ3n) is 4.94. The van der Waals surface area contributed by atoms with Gasteiger partial charge in [-0.15, -0.1) is 0 Å². The summed E-state index contributed by atoms with van der Waals surface area (Å²) in [5.41, 5.74) is 5.87. The van der Waals surface area contributed by atoms with Gasteiger partial charge in [0, 0.05) is 6.54 Å². The molecule has 0 radical (unpaired) electrons. The molecule has 0 aromatic heterocycles. The first-order valence-corrected chi connectivity index (χ1v) is 9.38. The first-order valence-electron chi connectivity index (χ1n) is 7.73. The van der Waals surface area contributed by atoms with Crippen LogP contribution in [0.5, 0.6) is 0 Å². The molecular formula is C14H28N2O2S. The van der Waals surface area contributed by atoms with E-state index in [1.807, 2.05) is 0 Å². The molecule has 0 aliphatic heterocycles. The van der Waals surface area contributed by atoms with Gasteiger partial charge in [0.2, 0.25) is 10.0 Å². The molecule has 0 spiro atoms. The van der Waals surface area contributed by atoms with E-state index in [2.05, 4.69) is 4.72 Å². The van der Waals surface area contributed by atoms with Crippen molar-refractivity contribution in [3.05, 3.63) is 0 Å². The zero-order valence-electron chi connectivity index (χ0n) is 11.9. The third kappa shape index (κ3) is 4.43. The van der Waals surface area contributed by atoms with Gasteiger partial charge in [-0.2, -0.15) is 0 Å². The summed E-state index contributed by atoms with van der Waals surface area (Å²) in [5.74, 6) is 0.678. The van der Waals surface area contributed by atoms with Crippen LogP contribution >= 0.6 is 0 Å². The second kappa shape index (κ2) is 6.55. The quantitative estimate of drug-likeness (QED) is 0.785. The Bertz CT molecular complexity index is 369. The average molecular weight is 288 g/mol. The first-order chi connectivity index (χ1) is 9.05. The molecule has 2 aliphatic carbocycles. The van der Waals surface area contributed by atoms with Gasteiger partial charge in [0.05, 0.1) is 5.75 Å². The molecule has 0 saturated heterocycles. The van der Waals surface area contributed by atoms with Crippen molar-refractivity contribution in [2.75, 3.05) is 18.8 Å². The van der Waals surface area contributed by atoms with Crippen LogP contribution in [0.25, 0.3) is 0 Å². The molecule has 3 N–H and O–H groups in total. The Balaban J connectivity index is 1.83. The van der Waals surface area contributed by atoms with Gasteiger partial charge in [0.1, 0.15) is 0 Å². The van der Waals surface area contributed by atoms with Crippen molar-refractivity contribution in [2.24, 2.45) is 17.1 Å². The third-order valence-corrected chi connectivity index (χ3v) is 6.44. The highest BCUT2D eigenvalue weighted by Crippen LogP contribution is 2.36. The Morgan fingerprint density at radius 2 is 1.68 bits per heavy atom. The maximum absolute atomic E-state index is 12.2. The molecule has 0 bridgehead atoms. The molecule has 112 valence electrons. The van der Waals surface area contributed by atoms with Gasteiger partial charge < -0.3 is 5.73 Å². The maximum atomic E-state index is 12.2. The predicted molar refractivity (Wildman–Crippen MR) is 78.3 cm³/mol. The molecule has 2 fully saturated rings. The molecule has 0 atom stereocenters. The fourth-order valence-electron chi connectivity index (χ4n) is 3.56. The van der Waals surface area contributed by atoms with Gasteiger partial charge in [-0.05, 0) is 43.6 Å². The zero-order valence-corrected chi connectivity index (χ0v) is 12.7. The summed E-state index contributed by atoms with van der Waals surface area (Å²) >= 11 is 0. The lowest BCUT2D eigenvalue weighted by Crippen LogP contribution is -2.42. The highest BCUT2D eigenvalue weighted by molar-refractivity contribution is 7.89. The lowest BCUT2D eigenvalue weighted by molar-refractivity contribution is 0.308. The van der Waals surface area contributed by atoms with Gasteiger partial charge in [0.15, 0.2) is 0 Å². The van der Waals surface area contributed by atoms with Gasteiger partial charge in [-0.3, -0.25) is 0 Å². The average Bonchev–Trinajstić information content (AvgIpc) is 2.87. The second-order valence-electron chi connectivity index (χ2n) is 6.52. The summed E-state index contributed by atoms with van der Waals surface area (Å²) in [7, 11) is -3.12. The predicted octanol–water partition coefficient (Wildman–Crippen LogP) is 2.01. The lowest BCUT2D eigenvalue weighted by atomic mass is 9.87. The summed E-state index contributed by atoms with van der Waals surface area (Å²) in [4.78, 5) is 0. The monoisotopic (exact) mass is 288 g/mol. The van der Waals surface area contributed by atoms with E-state index in [1.54, 1.807) is 0 Å². The number of hydrogen-bond acceptors (Lipinski definition) is 3. The van der Waals surface area contributed by atoms with E-state index < -0.39 is 10.0 Å². The van der Waals surface area contributed by atoms with Crippen molar-refractivity contribution in [1.82, 2.24) is 4.72 Å². The SMILES string of the molecule is NCC1(CNS(=O)(=O)CC2CCCCC2)CCCC1. The molecule has 0 unspecified atom stereocenters. The van der Waals surface area contributed by atoms with Gasteiger partial charge in [-0.25, -0.2) is 13.1 Å². The Labute approximate surface area is 117 Å². The molecule has 0 amide bonds. The molecule has 0 aromatic carbocycles. The van der Waals surface area contributed by atoms with Crippen molar-refractivity contribution in [3.63, 3.8) is 0 Å². The van der Waals surface area contributed by atoms with Crippen LogP contribution in [0.15, 0.2) is 0 Å². The van der Waals surface area contributed by atoms with Crippen LogP contribution in [-0.2, 0) is 10.0 Å². The Morgan fingerprint density at radius 3 is 2.26 bits per heavy atom. The van der Waals surface area contributed by atoms with Crippen molar-refractivity contribution in [2.45, 2.75) is 57.8 Å². The Morgan fingerprint density at radius 1 is 1.05 bits per heavy atom. The van der Waals surface area contributed by atoms with Crippen LogP contribution in [0.4, 0.5) is 0 Å². The molecule has 4 nitrogen and oxygen atoms in total. The van der Waals surface area contributed by atoms with Crippen LogP contribution < -0.4 is 10.5 Å². The summed E-state index contributed by atoms with van der Waals surface area (Å²) in [6.07, 6.45) is 10.3. The first kappa shape index (κ1) is 15.3. The van der Waals surface area contributed by atoms with Crippen molar-refractivity contribution >= 4 is 10.0 Å². The molecule has 19 heavy (non-hydrogen) atoms. The number of sulfonamides is 1. The number of hydrogen-bond donors (Lipinski definition) is 2. The van der Waals surface area contributed by atoms with Crippen molar-refractivity contribution in [3.8, 4) is 0 Å². The van der Waals surface area contributed by atoms with Crippen LogP contribution in [-0.4, -0.2) is 27.3 Å². The number of nitrogens with two attached hydrogens (primary N) is 1. The maximum Gasteiger partial charge on any atom is 0.211 e. The highest BCUT2D eigenvalue weighted by atomic mass is 32.2. The van der Waals surface area contributed by atoms with Gasteiger partial charge >= 0.3 is 0 Å². The molecule has 0 heterocycles. The van der Waals surface area contributed by atoms with E-state index in [0.717, 1.165) is 25.7 Å². The Hall–Kier alpha value is -0.130. The minimum absolute atomic E-state index is 0.0274. The van der Waals surface area contributed by atoms with Crippen LogP contribution in [0.2, 0.25) is 0 Å². The zero-order chi connectivity index (χ0) is 13.8. The molecule has 0 aromatic rings. The van der Waals surface area contributed by atoms with E-state index in [-0.39, 0.29) is 5.41 Å². The van der Waals surface area contributed by atoms with Crippen molar-refractivity contribution < 1.29 is 8.42 Å².